The molecule has 0 unspecified atom stereocenters. The van der Waals surface area contributed by atoms with Crippen LogP contribution in [0, 0.1) is 0 Å². The summed E-state index contributed by atoms with van der Waals surface area (Å²) < 4.78 is 3.06. The van der Waals surface area contributed by atoms with Crippen molar-refractivity contribution in [3.05, 3.63) is 26.1 Å². The molecule has 4 nitrogen and oxygen atoms in total. The maximum atomic E-state index is 5.81. The van der Waals surface area contributed by atoms with Crippen LogP contribution in [0.1, 0.15) is 5.56 Å². The molecule has 2 rings (SSSR count). The molecule has 0 aromatic carbocycles. The fourth-order valence-electron chi connectivity index (χ4n) is 1.04. The quantitative estimate of drug-likeness (QED) is 0.925. The second-order valence-electron chi connectivity index (χ2n) is 2.66. The molecule has 74 valence electrons. The van der Waals surface area contributed by atoms with Crippen LogP contribution in [0.2, 0.25) is 4.34 Å². The fraction of sp³-hybridized carbons (Fsp3) is 0.143. The van der Waals surface area contributed by atoms with Crippen molar-refractivity contribution in [3.63, 3.8) is 0 Å². The highest BCUT2D eigenvalue weighted by molar-refractivity contribution is 9.10. The van der Waals surface area contributed by atoms with Gasteiger partial charge in [0.2, 0.25) is 5.95 Å². The van der Waals surface area contributed by atoms with E-state index in [4.69, 9.17) is 17.3 Å². The zero-order valence-corrected chi connectivity index (χ0v) is 10.1. The highest BCUT2D eigenvalue weighted by Crippen LogP contribution is 2.21. The third-order valence-electron chi connectivity index (χ3n) is 1.60. The van der Waals surface area contributed by atoms with Gasteiger partial charge in [-0.1, -0.05) is 11.6 Å². The Morgan fingerprint density at radius 1 is 1.64 bits per heavy atom. The number of aromatic nitrogens is 3. The van der Waals surface area contributed by atoms with Crippen LogP contribution < -0.4 is 5.73 Å². The average Bonchev–Trinajstić information content (AvgIpc) is 2.61. The fourth-order valence-corrected chi connectivity index (χ4v) is 2.33. The van der Waals surface area contributed by atoms with Gasteiger partial charge in [0.15, 0.2) is 4.73 Å². The standard InChI is InChI=1S/C7H6BrClN4S/c8-6-11-7(10)12-13(6)2-4-1-5(9)14-3-4/h1,3H,2H2,(H2,10,12). The molecule has 0 fully saturated rings. The first-order chi connectivity index (χ1) is 6.65. The van der Waals surface area contributed by atoms with Crippen molar-refractivity contribution in [1.29, 1.82) is 0 Å². The molecular formula is C7H6BrClN4S. The molecule has 0 saturated heterocycles. The van der Waals surface area contributed by atoms with E-state index in [2.05, 4.69) is 26.0 Å². The first-order valence-corrected chi connectivity index (χ1v) is 5.79. The van der Waals surface area contributed by atoms with E-state index in [1.54, 1.807) is 4.68 Å². The first-order valence-electron chi connectivity index (χ1n) is 3.74. The molecule has 0 atom stereocenters. The highest BCUT2D eigenvalue weighted by Gasteiger charge is 2.06. The van der Waals surface area contributed by atoms with E-state index in [9.17, 15) is 0 Å². The van der Waals surface area contributed by atoms with Crippen LogP contribution in [-0.4, -0.2) is 14.8 Å². The number of halogens is 2. The number of hydrogen-bond donors (Lipinski definition) is 1. The predicted octanol–water partition coefficient (Wildman–Crippen LogP) is 2.39. The lowest BCUT2D eigenvalue weighted by molar-refractivity contribution is 0.672. The molecule has 2 aromatic rings. The molecule has 14 heavy (non-hydrogen) atoms. The van der Waals surface area contributed by atoms with E-state index in [1.165, 1.54) is 11.3 Å². The van der Waals surface area contributed by atoms with Crippen molar-refractivity contribution in [3.8, 4) is 0 Å². The number of anilines is 1. The summed E-state index contributed by atoms with van der Waals surface area (Å²) in [4.78, 5) is 3.93. The molecule has 7 heteroatoms. The van der Waals surface area contributed by atoms with Crippen molar-refractivity contribution in [2.45, 2.75) is 6.54 Å². The van der Waals surface area contributed by atoms with Crippen molar-refractivity contribution < 1.29 is 0 Å². The van der Waals surface area contributed by atoms with Gasteiger partial charge in [0.1, 0.15) is 0 Å². The summed E-state index contributed by atoms with van der Waals surface area (Å²) >= 11 is 10.6. The molecule has 0 amide bonds. The second-order valence-corrected chi connectivity index (χ2v) is 4.91. The largest absolute Gasteiger partial charge is 0.366 e. The van der Waals surface area contributed by atoms with Gasteiger partial charge in [-0.25, -0.2) is 4.68 Å². The lowest BCUT2D eigenvalue weighted by Crippen LogP contribution is -2.01. The number of rotatable bonds is 2. The van der Waals surface area contributed by atoms with Gasteiger partial charge in [0, 0.05) is 0 Å². The number of nitrogens with zero attached hydrogens (tertiary/aromatic N) is 3. The maximum Gasteiger partial charge on any atom is 0.240 e. The molecule has 0 aliphatic heterocycles. The maximum absolute atomic E-state index is 5.81. The Labute approximate surface area is 97.8 Å². The van der Waals surface area contributed by atoms with Crippen LogP contribution in [0.4, 0.5) is 5.95 Å². The lowest BCUT2D eigenvalue weighted by atomic mass is 10.3. The predicted molar refractivity (Wildman–Crippen MR) is 60.6 cm³/mol. The van der Waals surface area contributed by atoms with Gasteiger partial charge in [0.25, 0.3) is 0 Å². The van der Waals surface area contributed by atoms with Crippen molar-refractivity contribution in [2.75, 3.05) is 5.73 Å². The molecule has 2 N–H and O–H groups in total. The summed E-state index contributed by atoms with van der Waals surface area (Å²) in [6.45, 7) is 0.619. The van der Waals surface area contributed by atoms with Crippen molar-refractivity contribution >= 4 is 44.8 Å². The average molecular weight is 294 g/mol. The van der Waals surface area contributed by atoms with Gasteiger partial charge in [0.05, 0.1) is 10.9 Å². The smallest absolute Gasteiger partial charge is 0.240 e. The molecular weight excluding hydrogens is 288 g/mol. The van der Waals surface area contributed by atoms with Crippen molar-refractivity contribution in [1.82, 2.24) is 14.8 Å². The Kier molecular flexibility index (Phi) is 2.76. The topological polar surface area (TPSA) is 56.7 Å². The van der Waals surface area contributed by atoms with E-state index in [-0.39, 0.29) is 5.95 Å². The van der Waals surface area contributed by atoms with Crippen LogP contribution in [-0.2, 0) is 6.54 Å². The van der Waals surface area contributed by atoms with Gasteiger partial charge in [-0.2, -0.15) is 4.98 Å². The van der Waals surface area contributed by atoms with E-state index < -0.39 is 0 Å². The zero-order valence-electron chi connectivity index (χ0n) is 6.94. The molecule has 0 aliphatic rings. The van der Waals surface area contributed by atoms with Crippen LogP contribution >= 0.6 is 38.9 Å². The Hall–Kier alpha value is -0.590. The summed E-state index contributed by atoms with van der Waals surface area (Å²) in [5.74, 6) is 0.262. The molecule has 2 heterocycles. The molecule has 0 saturated carbocycles. The van der Waals surface area contributed by atoms with Crippen LogP contribution in [0.25, 0.3) is 0 Å². The number of hydrogen-bond acceptors (Lipinski definition) is 4. The van der Waals surface area contributed by atoms with E-state index in [0.29, 0.717) is 11.3 Å². The van der Waals surface area contributed by atoms with Crippen LogP contribution in [0.3, 0.4) is 0 Å². The summed E-state index contributed by atoms with van der Waals surface area (Å²) in [6.07, 6.45) is 0. The minimum Gasteiger partial charge on any atom is -0.366 e. The SMILES string of the molecule is Nc1nc(Br)n(Cc2csc(Cl)c2)n1. The minimum absolute atomic E-state index is 0.262. The summed E-state index contributed by atoms with van der Waals surface area (Å²) in [7, 11) is 0. The highest BCUT2D eigenvalue weighted by atomic mass is 79.9. The second kappa shape index (κ2) is 3.88. The third kappa shape index (κ3) is 2.08. The summed E-state index contributed by atoms with van der Waals surface area (Å²) in [5.41, 5.74) is 6.53. The Morgan fingerprint density at radius 3 is 2.93 bits per heavy atom. The van der Waals surface area contributed by atoms with Gasteiger partial charge < -0.3 is 5.73 Å². The van der Waals surface area contributed by atoms with Gasteiger partial charge in [-0.15, -0.1) is 16.4 Å². The Morgan fingerprint density at radius 2 is 2.43 bits per heavy atom. The van der Waals surface area contributed by atoms with Crippen LogP contribution in [0.15, 0.2) is 16.2 Å². The monoisotopic (exact) mass is 292 g/mol. The molecule has 0 spiro atoms. The van der Waals surface area contributed by atoms with Crippen LogP contribution in [0.5, 0.6) is 0 Å². The lowest BCUT2D eigenvalue weighted by Gasteiger charge is -1.97. The van der Waals surface area contributed by atoms with E-state index >= 15 is 0 Å². The number of thiophene rings is 1. The normalized spacial score (nSPS) is 10.7. The van der Waals surface area contributed by atoms with E-state index in [0.717, 1.165) is 9.90 Å². The van der Waals surface area contributed by atoms with Gasteiger partial charge in [-0.3, -0.25) is 0 Å². The number of nitrogens with two attached hydrogens (primary N) is 1. The first kappa shape index (κ1) is 9.95. The zero-order chi connectivity index (χ0) is 10.1. The molecule has 0 aliphatic carbocycles. The summed E-state index contributed by atoms with van der Waals surface area (Å²) in [6, 6.07) is 1.90. The van der Waals surface area contributed by atoms with Crippen molar-refractivity contribution in [2.24, 2.45) is 0 Å². The number of nitrogen functional groups attached to an aromatic ring is 1. The molecule has 0 bridgehead atoms. The third-order valence-corrected chi connectivity index (χ3v) is 3.32. The summed E-state index contributed by atoms with van der Waals surface area (Å²) in [5, 5.41) is 5.99. The Bertz CT molecular complexity index is 452. The minimum atomic E-state index is 0.262. The Balaban J connectivity index is 2.22. The van der Waals surface area contributed by atoms with Gasteiger partial charge >= 0.3 is 0 Å². The molecule has 2 aromatic heterocycles. The van der Waals surface area contributed by atoms with Gasteiger partial charge in [-0.05, 0) is 32.9 Å². The molecule has 0 radical (unpaired) electrons. The van der Waals surface area contributed by atoms with E-state index in [1.807, 2.05) is 11.4 Å².